The van der Waals surface area contributed by atoms with Crippen molar-refractivity contribution in [1.82, 2.24) is 9.78 Å². The molecule has 1 heterocycles. The Morgan fingerprint density at radius 1 is 1.30 bits per heavy atom. The summed E-state index contributed by atoms with van der Waals surface area (Å²) in [5, 5.41) is 16.2. The Morgan fingerprint density at radius 2 is 2.04 bits per heavy atom. The number of aromatic nitrogens is 2. The van der Waals surface area contributed by atoms with Crippen molar-refractivity contribution in [1.29, 1.82) is 0 Å². The number of hydrogen-bond acceptors (Lipinski definition) is 3. The summed E-state index contributed by atoms with van der Waals surface area (Å²) in [5.41, 5.74) is 2.15. The number of rotatable bonds is 4. The molecule has 120 valence electrons. The van der Waals surface area contributed by atoms with Gasteiger partial charge in [-0.05, 0) is 38.0 Å². The van der Waals surface area contributed by atoms with Crippen LogP contribution in [0.15, 0.2) is 30.5 Å². The number of carbonyl (C=O) groups excluding carboxylic acids is 1. The summed E-state index contributed by atoms with van der Waals surface area (Å²) < 4.78 is 1.56. The zero-order chi connectivity index (χ0) is 16.4. The molecule has 1 aromatic carbocycles. The number of carbonyl (C=O) groups is 2. The molecular formula is C17H19N3O3. The molecule has 1 saturated carbocycles. The van der Waals surface area contributed by atoms with E-state index in [2.05, 4.69) is 10.4 Å². The molecule has 3 rings (SSSR count). The van der Waals surface area contributed by atoms with Crippen LogP contribution in [-0.4, -0.2) is 26.8 Å². The Balaban J connectivity index is 1.82. The van der Waals surface area contributed by atoms with Crippen LogP contribution in [0.1, 0.15) is 41.7 Å². The maximum Gasteiger partial charge on any atom is 0.339 e. The number of anilines is 1. The minimum Gasteiger partial charge on any atom is -0.478 e. The van der Waals surface area contributed by atoms with E-state index >= 15 is 0 Å². The van der Waals surface area contributed by atoms with Gasteiger partial charge in [0.25, 0.3) is 0 Å². The van der Waals surface area contributed by atoms with Gasteiger partial charge in [0.1, 0.15) is 5.56 Å². The quantitative estimate of drug-likeness (QED) is 0.908. The average Bonchev–Trinajstić information content (AvgIpc) is 3.16. The average molecular weight is 313 g/mol. The van der Waals surface area contributed by atoms with Crippen molar-refractivity contribution in [3.63, 3.8) is 0 Å². The first kappa shape index (κ1) is 15.3. The second kappa shape index (κ2) is 6.24. The van der Waals surface area contributed by atoms with Gasteiger partial charge in [0.05, 0.1) is 17.6 Å². The largest absolute Gasteiger partial charge is 0.478 e. The third kappa shape index (κ3) is 3.11. The third-order valence-corrected chi connectivity index (χ3v) is 4.32. The summed E-state index contributed by atoms with van der Waals surface area (Å²) in [7, 11) is 0. The maximum absolute atomic E-state index is 12.2. The summed E-state index contributed by atoms with van der Waals surface area (Å²) >= 11 is 0. The van der Waals surface area contributed by atoms with E-state index in [1.54, 1.807) is 17.7 Å². The van der Waals surface area contributed by atoms with Crippen LogP contribution >= 0.6 is 0 Å². The highest BCUT2D eigenvalue weighted by molar-refractivity contribution is 5.93. The molecule has 1 fully saturated rings. The number of hydrogen-bond donors (Lipinski definition) is 2. The number of carboxylic acid groups (broad SMARTS) is 1. The fraction of sp³-hybridized carbons (Fsp3) is 0.353. The topological polar surface area (TPSA) is 84.2 Å². The first-order valence-electron chi connectivity index (χ1n) is 7.75. The predicted octanol–water partition coefficient (Wildman–Crippen LogP) is 3.01. The highest BCUT2D eigenvalue weighted by atomic mass is 16.4. The number of nitrogens with one attached hydrogen (secondary N) is 1. The van der Waals surface area contributed by atoms with Gasteiger partial charge in [0.2, 0.25) is 5.91 Å². The van der Waals surface area contributed by atoms with Crippen LogP contribution in [0.2, 0.25) is 0 Å². The molecule has 6 nitrogen and oxygen atoms in total. The van der Waals surface area contributed by atoms with Gasteiger partial charge in [-0.15, -0.1) is 0 Å². The number of amides is 1. The molecule has 0 unspecified atom stereocenters. The van der Waals surface area contributed by atoms with Crippen LogP contribution in [0.5, 0.6) is 0 Å². The van der Waals surface area contributed by atoms with Crippen LogP contribution in [0.4, 0.5) is 5.69 Å². The normalized spacial score (nSPS) is 14.8. The standard InChI is InChI=1S/C17H19N3O3/c1-11-15(17(22)23)10-18-20(11)14-8-4-7-13(9-14)19-16(21)12-5-2-3-6-12/h4,7-10,12H,2-3,5-6H2,1H3,(H,19,21)(H,22,23). The van der Waals surface area contributed by atoms with Crippen molar-refractivity contribution < 1.29 is 14.7 Å². The van der Waals surface area contributed by atoms with Crippen molar-refractivity contribution in [2.75, 3.05) is 5.32 Å². The van der Waals surface area contributed by atoms with Crippen molar-refractivity contribution in [2.45, 2.75) is 32.6 Å². The summed E-state index contributed by atoms with van der Waals surface area (Å²) in [6.07, 6.45) is 5.46. The molecule has 1 aromatic heterocycles. The van der Waals surface area contributed by atoms with Gasteiger partial charge in [-0.2, -0.15) is 5.10 Å². The molecule has 1 amide bonds. The van der Waals surface area contributed by atoms with Gasteiger partial charge in [0.15, 0.2) is 0 Å². The fourth-order valence-corrected chi connectivity index (χ4v) is 3.03. The lowest BCUT2D eigenvalue weighted by Crippen LogP contribution is -2.20. The summed E-state index contributed by atoms with van der Waals surface area (Å²) in [6.45, 7) is 1.71. The minimum absolute atomic E-state index is 0.0584. The molecule has 6 heteroatoms. The van der Waals surface area contributed by atoms with Crippen molar-refractivity contribution >= 4 is 17.6 Å². The molecule has 0 spiro atoms. The SMILES string of the molecule is Cc1c(C(=O)O)cnn1-c1cccc(NC(=O)C2CCCC2)c1. The van der Waals surface area contributed by atoms with E-state index in [0.29, 0.717) is 11.4 Å². The Hall–Kier alpha value is -2.63. The Kier molecular flexibility index (Phi) is 4.14. The van der Waals surface area contributed by atoms with Crippen molar-refractivity contribution in [2.24, 2.45) is 5.92 Å². The molecule has 0 aliphatic heterocycles. The van der Waals surface area contributed by atoms with E-state index in [1.807, 2.05) is 18.2 Å². The molecule has 2 N–H and O–H groups in total. The predicted molar refractivity (Wildman–Crippen MR) is 85.8 cm³/mol. The molecule has 0 saturated heterocycles. The first-order chi connectivity index (χ1) is 11.1. The summed E-state index contributed by atoms with van der Waals surface area (Å²) in [4.78, 5) is 23.3. The second-order valence-corrected chi connectivity index (χ2v) is 5.88. The zero-order valence-electron chi connectivity index (χ0n) is 13.0. The van der Waals surface area contributed by atoms with E-state index < -0.39 is 5.97 Å². The van der Waals surface area contributed by atoms with E-state index in [4.69, 9.17) is 5.11 Å². The monoisotopic (exact) mass is 313 g/mol. The van der Waals surface area contributed by atoms with Crippen LogP contribution in [0, 0.1) is 12.8 Å². The van der Waals surface area contributed by atoms with Gasteiger partial charge in [-0.25, -0.2) is 9.48 Å². The number of carboxylic acids is 1. The Bertz CT molecular complexity index is 745. The second-order valence-electron chi connectivity index (χ2n) is 5.88. The highest BCUT2D eigenvalue weighted by Crippen LogP contribution is 2.26. The number of nitrogens with zero attached hydrogens (tertiary/aromatic N) is 2. The number of benzene rings is 1. The maximum atomic E-state index is 12.2. The molecule has 2 aromatic rings. The Labute approximate surface area is 134 Å². The molecule has 1 aliphatic rings. The van der Waals surface area contributed by atoms with E-state index in [0.717, 1.165) is 31.4 Å². The highest BCUT2D eigenvalue weighted by Gasteiger charge is 2.22. The molecule has 0 atom stereocenters. The summed E-state index contributed by atoms with van der Waals surface area (Å²) in [5.74, 6) is -0.841. The minimum atomic E-state index is -1.00. The Morgan fingerprint density at radius 3 is 2.70 bits per heavy atom. The number of aromatic carboxylic acids is 1. The smallest absolute Gasteiger partial charge is 0.339 e. The van der Waals surface area contributed by atoms with Crippen LogP contribution in [0.25, 0.3) is 5.69 Å². The van der Waals surface area contributed by atoms with Gasteiger partial charge in [-0.3, -0.25) is 4.79 Å². The molecule has 0 bridgehead atoms. The lowest BCUT2D eigenvalue weighted by molar-refractivity contribution is -0.119. The molecule has 0 radical (unpaired) electrons. The van der Waals surface area contributed by atoms with Gasteiger partial charge >= 0.3 is 5.97 Å². The molecule has 23 heavy (non-hydrogen) atoms. The van der Waals surface area contributed by atoms with Crippen molar-refractivity contribution in [3.05, 3.63) is 41.7 Å². The van der Waals surface area contributed by atoms with Crippen LogP contribution < -0.4 is 5.32 Å². The van der Waals surface area contributed by atoms with Gasteiger partial charge < -0.3 is 10.4 Å². The van der Waals surface area contributed by atoms with Crippen molar-refractivity contribution in [3.8, 4) is 5.69 Å². The van der Waals surface area contributed by atoms with Gasteiger partial charge in [-0.1, -0.05) is 18.9 Å². The zero-order valence-corrected chi connectivity index (χ0v) is 13.0. The lowest BCUT2D eigenvalue weighted by Gasteiger charge is -2.12. The fourth-order valence-electron chi connectivity index (χ4n) is 3.03. The molecule has 1 aliphatic carbocycles. The first-order valence-corrected chi connectivity index (χ1v) is 7.75. The molecular weight excluding hydrogens is 294 g/mol. The van der Waals surface area contributed by atoms with Crippen LogP contribution in [0.3, 0.4) is 0 Å². The van der Waals surface area contributed by atoms with Gasteiger partial charge in [0, 0.05) is 11.6 Å². The lowest BCUT2D eigenvalue weighted by atomic mass is 10.1. The van der Waals surface area contributed by atoms with E-state index in [9.17, 15) is 9.59 Å². The van der Waals surface area contributed by atoms with E-state index in [-0.39, 0.29) is 17.4 Å². The third-order valence-electron chi connectivity index (χ3n) is 4.32. The van der Waals surface area contributed by atoms with Crippen LogP contribution in [-0.2, 0) is 4.79 Å². The van der Waals surface area contributed by atoms with E-state index in [1.165, 1.54) is 6.20 Å². The summed E-state index contributed by atoms with van der Waals surface area (Å²) in [6, 6.07) is 7.28.